The lowest BCUT2D eigenvalue weighted by Gasteiger charge is -2.23. The second-order valence-electron chi connectivity index (χ2n) is 6.84. The molecular formula is C18H29N5O3S. The van der Waals surface area contributed by atoms with E-state index in [4.69, 9.17) is 0 Å². The van der Waals surface area contributed by atoms with E-state index in [0.29, 0.717) is 25.6 Å². The van der Waals surface area contributed by atoms with Gasteiger partial charge in [-0.25, -0.2) is 13.4 Å². The zero-order valence-electron chi connectivity index (χ0n) is 16.2. The lowest BCUT2D eigenvalue weighted by atomic mass is 10.2. The molecule has 1 saturated heterocycles. The largest absolute Gasteiger partial charge is 0.355 e. The number of amides is 1. The van der Waals surface area contributed by atoms with E-state index in [1.165, 1.54) is 15.5 Å². The lowest BCUT2D eigenvalue weighted by Crippen LogP contribution is -2.48. The van der Waals surface area contributed by atoms with Gasteiger partial charge in [0.1, 0.15) is 0 Å². The summed E-state index contributed by atoms with van der Waals surface area (Å²) in [4.78, 5) is 17.9. The first kappa shape index (κ1) is 21.2. The molecule has 1 aromatic carbocycles. The number of hydrogen-bond acceptors (Lipinski definition) is 4. The fourth-order valence-electron chi connectivity index (χ4n) is 2.91. The molecular weight excluding hydrogens is 366 g/mol. The predicted molar refractivity (Wildman–Crippen MR) is 107 cm³/mol. The van der Waals surface area contributed by atoms with Gasteiger partial charge < -0.3 is 15.5 Å². The minimum absolute atomic E-state index is 0.0668. The second-order valence-corrected chi connectivity index (χ2v) is 8.78. The van der Waals surface area contributed by atoms with E-state index in [9.17, 15) is 13.2 Å². The number of benzene rings is 1. The molecule has 1 aliphatic heterocycles. The average Bonchev–Trinajstić information content (AvgIpc) is 3.10. The number of carbonyl (C=O) groups excluding carboxylic acids is 1. The molecule has 0 bridgehead atoms. The molecule has 0 aromatic heterocycles. The highest BCUT2D eigenvalue weighted by molar-refractivity contribution is 7.88. The van der Waals surface area contributed by atoms with E-state index in [1.807, 2.05) is 30.3 Å². The first-order chi connectivity index (χ1) is 12.8. The molecule has 27 heavy (non-hydrogen) atoms. The summed E-state index contributed by atoms with van der Waals surface area (Å²) in [5, 5.41) is 6.22. The first-order valence-corrected chi connectivity index (χ1v) is 10.9. The van der Waals surface area contributed by atoms with Crippen LogP contribution in [-0.2, 0) is 21.4 Å². The molecule has 0 unspecified atom stereocenters. The van der Waals surface area contributed by atoms with Gasteiger partial charge in [-0.2, -0.15) is 4.31 Å². The third-order valence-corrected chi connectivity index (χ3v) is 5.76. The van der Waals surface area contributed by atoms with Gasteiger partial charge in [-0.3, -0.25) is 4.79 Å². The van der Waals surface area contributed by atoms with Crippen molar-refractivity contribution in [1.29, 1.82) is 0 Å². The van der Waals surface area contributed by atoms with Crippen LogP contribution in [0.1, 0.15) is 18.4 Å². The molecule has 8 nitrogen and oxygen atoms in total. The third kappa shape index (κ3) is 6.84. The summed E-state index contributed by atoms with van der Waals surface area (Å²) in [6, 6.07) is 9.70. The van der Waals surface area contributed by atoms with Gasteiger partial charge in [-0.05, 0) is 18.4 Å². The third-order valence-electron chi connectivity index (χ3n) is 4.42. The van der Waals surface area contributed by atoms with Crippen LogP contribution in [0.15, 0.2) is 35.3 Å². The number of nitrogens with zero attached hydrogens (tertiary/aromatic N) is 3. The number of nitrogens with one attached hydrogen (secondary N) is 2. The van der Waals surface area contributed by atoms with E-state index >= 15 is 0 Å². The van der Waals surface area contributed by atoms with E-state index in [2.05, 4.69) is 15.6 Å². The SMILES string of the molecule is CN(C)C(=O)CNC(=NCc1ccccc1)NC[C@H]1CCCN1S(C)(=O)=O. The number of guanidine groups is 1. The molecule has 150 valence electrons. The molecule has 0 saturated carbocycles. The zero-order valence-corrected chi connectivity index (χ0v) is 17.0. The minimum atomic E-state index is -3.22. The summed E-state index contributed by atoms with van der Waals surface area (Å²) in [6.07, 6.45) is 2.90. The van der Waals surface area contributed by atoms with Crippen molar-refractivity contribution in [1.82, 2.24) is 19.8 Å². The smallest absolute Gasteiger partial charge is 0.241 e. The summed E-state index contributed by atoms with van der Waals surface area (Å²) in [5.74, 6) is 0.428. The molecule has 1 aromatic rings. The maximum atomic E-state index is 11.9. The van der Waals surface area contributed by atoms with Crippen molar-refractivity contribution in [3.63, 3.8) is 0 Å². The van der Waals surface area contributed by atoms with Crippen LogP contribution in [0.3, 0.4) is 0 Å². The van der Waals surface area contributed by atoms with Crippen molar-refractivity contribution < 1.29 is 13.2 Å². The molecule has 9 heteroatoms. The van der Waals surface area contributed by atoms with Gasteiger partial charge in [-0.15, -0.1) is 0 Å². The van der Waals surface area contributed by atoms with Gasteiger partial charge >= 0.3 is 0 Å². The molecule has 1 heterocycles. The number of hydrogen-bond donors (Lipinski definition) is 2. The Balaban J connectivity index is 2.01. The predicted octanol–water partition coefficient (Wildman–Crippen LogP) is 0.234. The number of aliphatic imine (C=N–C) groups is 1. The Hall–Kier alpha value is -2.13. The van der Waals surface area contributed by atoms with Crippen LogP contribution in [0.2, 0.25) is 0 Å². The van der Waals surface area contributed by atoms with Crippen LogP contribution in [0.4, 0.5) is 0 Å². The van der Waals surface area contributed by atoms with Crippen LogP contribution in [0.5, 0.6) is 0 Å². The summed E-state index contributed by atoms with van der Waals surface area (Å²) in [7, 11) is 0.171. The molecule has 1 aliphatic rings. The van der Waals surface area contributed by atoms with Crippen molar-refractivity contribution in [3.05, 3.63) is 35.9 Å². The van der Waals surface area contributed by atoms with E-state index in [1.54, 1.807) is 14.1 Å². The van der Waals surface area contributed by atoms with E-state index in [-0.39, 0.29) is 18.5 Å². The van der Waals surface area contributed by atoms with E-state index in [0.717, 1.165) is 18.4 Å². The highest BCUT2D eigenvalue weighted by Gasteiger charge is 2.31. The Morgan fingerprint density at radius 2 is 1.96 bits per heavy atom. The van der Waals surface area contributed by atoms with Crippen LogP contribution in [0.25, 0.3) is 0 Å². The van der Waals surface area contributed by atoms with Gasteiger partial charge in [-0.1, -0.05) is 30.3 Å². The zero-order chi connectivity index (χ0) is 19.9. The highest BCUT2D eigenvalue weighted by atomic mass is 32.2. The molecule has 0 spiro atoms. The fraction of sp³-hybridized carbons (Fsp3) is 0.556. The second kappa shape index (κ2) is 9.70. The molecule has 1 fully saturated rings. The first-order valence-electron chi connectivity index (χ1n) is 9.00. The number of carbonyl (C=O) groups is 1. The van der Waals surface area contributed by atoms with Crippen molar-refractivity contribution in [2.45, 2.75) is 25.4 Å². The van der Waals surface area contributed by atoms with Crippen LogP contribution in [-0.4, -0.2) is 75.5 Å². The maximum Gasteiger partial charge on any atom is 0.241 e. The van der Waals surface area contributed by atoms with Crippen LogP contribution >= 0.6 is 0 Å². The fourth-order valence-corrected chi connectivity index (χ4v) is 4.09. The Morgan fingerprint density at radius 1 is 1.26 bits per heavy atom. The molecule has 1 amide bonds. The molecule has 1 atom stereocenters. The van der Waals surface area contributed by atoms with Gasteiger partial charge in [0.15, 0.2) is 5.96 Å². The normalized spacial score (nSPS) is 18.3. The Bertz CT molecular complexity index is 750. The number of sulfonamides is 1. The van der Waals surface area contributed by atoms with Crippen molar-refractivity contribution in [3.8, 4) is 0 Å². The quantitative estimate of drug-likeness (QED) is 0.509. The molecule has 0 aliphatic carbocycles. The van der Waals surface area contributed by atoms with Crippen molar-refractivity contribution in [2.75, 3.05) is 40.0 Å². The summed E-state index contributed by atoms with van der Waals surface area (Å²) >= 11 is 0. The number of rotatable bonds is 7. The Morgan fingerprint density at radius 3 is 2.59 bits per heavy atom. The number of likely N-dealkylation sites (N-methyl/N-ethyl adjacent to an activating group) is 1. The maximum absolute atomic E-state index is 11.9. The van der Waals surface area contributed by atoms with Gasteiger partial charge in [0.25, 0.3) is 0 Å². The molecule has 2 N–H and O–H groups in total. The Kier molecular flexibility index (Phi) is 7.61. The molecule has 2 rings (SSSR count). The van der Waals surface area contributed by atoms with Gasteiger partial charge in [0.05, 0.1) is 19.3 Å². The highest BCUT2D eigenvalue weighted by Crippen LogP contribution is 2.19. The summed E-state index contributed by atoms with van der Waals surface area (Å²) in [5.41, 5.74) is 1.05. The standard InChI is InChI=1S/C18H29N5O3S/c1-22(2)17(24)14-21-18(19-12-15-8-5-4-6-9-15)20-13-16-10-7-11-23(16)27(3,25)26/h4-6,8-9,16H,7,10-14H2,1-3H3,(H2,19,20,21)/t16-/m1/s1. The van der Waals surface area contributed by atoms with E-state index < -0.39 is 10.0 Å². The van der Waals surface area contributed by atoms with Crippen molar-refractivity contribution in [2.24, 2.45) is 4.99 Å². The Labute approximate surface area is 161 Å². The average molecular weight is 396 g/mol. The van der Waals surface area contributed by atoms with Gasteiger partial charge in [0.2, 0.25) is 15.9 Å². The molecule has 0 radical (unpaired) electrons. The van der Waals surface area contributed by atoms with Crippen molar-refractivity contribution >= 4 is 21.9 Å². The van der Waals surface area contributed by atoms with Crippen LogP contribution in [0, 0.1) is 0 Å². The lowest BCUT2D eigenvalue weighted by molar-refractivity contribution is -0.127. The summed E-state index contributed by atoms with van der Waals surface area (Å²) < 4.78 is 25.3. The van der Waals surface area contributed by atoms with Gasteiger partial charge in [0, 0.05) is 33.2 Å². The monoisotopic (exact) mass is 395 g/mol. The van der Waals surface area contributed by atoms with Crippen LogP contribution < -0.4 is 10.6 Å². The topological polar surface area (TPSA) is 94.1 Å². The summed E-state index contributed by atoms with van der Waals surface area (Å²) in [6.45, 7) is 1.58. The minimum Gasteiger partial charge on any atom is -0.355 e.